The number of nitrogens with zero attached hydrogens (tertiary/aromatic N) is 2. The van der Waals surface area contributed by atoms with Gasteiger partial charge in [0.1, 0.15) is 5.84 Å². The van der Waals surface area contributed by atoms with Crippen LogP contribution in [0.4, 0.5) is 0 Å². The number of amides is 1. The predicted molar refractivity (Wildman–Crippen MR) is 80.6 cm³/mol. The highest BCUT2D eigenvalue weighted by Crippen LogP contribution is 2.60. The molecule has 6 heteroatoms. The molecule has 0 spiro atoms. The summed E-state index contributed by atoms with van der Waals surface area (Å²) >= 11 is 0. The zero-order chi connectivity index (χ0) is 16.8. The number of carbonyl (C=O) groups is 1. The van der Waals surface area contributed by atoms with Crippen LogP contribution >= 0.6 is 0 Å². The van der Waals surface area contributed by atoms with Gasteiger partial charge in [0.25, 0.3) is 5.91 Å². The Bertz CT molecular complexity index is 830. The van der Waals surface area contributed by atoms with Crippen molar-refractivity contribution in [3.8, 4) is 12.1 Å². The second-order valence-electron chi connectivity index (χ2n) is 5.70. The third-order valence-electron chi connectivity index (χ3n) is 4.79. The van der Waals surface area contributed by atoms with Crippen LogP contribution in [0.1, 0.15) is 25.5 Å². The van der Waals surface area contributed by atoms with E-state index in [1.807, 2.05) is 12.1 Å². The molecule has 0 radical (unpaired) electrons. The maximum atomic E-state index is 12.6. The van der Waals surface area contributed by atoms with Gasteiger partial charge in [-0.25, -0.2) is 0 Å². The zero-order valence-corrected chi connectivity index (χ0v) is 12.7. The normalized spacial score (nSPS) is 32.4. The van der Waals surface area contributed by atoms with Crippen molar-refractivity contribution in [1.82, 2.24) is 5.32 Å². The van der Waals surface area contributed by atoms with E-state index in [4.69, 9.17) is 10.1 Å². The first-order valence-electron chi connectivity index (χ1n) is 7.08. The lowest BCUT2D eigenvalue weighted by atomic mass is 9.57. The molecule has 0 aliphatic carbocycles. The number of rotatable bonds is 1. The van der Waals surface area contributed by atoms with Crippen LogP contribution in [0.5, 0.6) is 0 Å². The molecule has 2 aliphatic heterocycles. The number of carbonyl (C=O) groups excluding carboxylic acids is 1. The van der Waals surface area contributed by atoms with Crippen LogP contribution in [0.2, 0.25) is 0 Å². The van der Waals surface area contributed by atoms with Crippen molar-refractivity contribution in [2.45, 2.75) is 20.0 Å². The van der Waals surface area contributed by atoms with Crippen LogP contribution in [-0.2, 0) is 9.53 Å². The minimum absolute atomic E-state index is 0.299. The molecule has 1 aromatic rings. The average molecular weight is 306 g/mol. The van der Waals surface area contributed by atoms with E-state index in [1.165, 1.54) is 0 Å². The molecule has 3 atom stereocenters. The standard InChI is InChI=1S/C17H14N4O2/c1-10-11(2)23-13(12-6-4-3-5-7-12)17(9-19)14(20)21-15(22)16(10,17)8-18/h3-7,13H,1-2H3,(H2,20,21,22). The molecule has 2 heterocycles. The van der Waals surface area contributed by atoms with Crippen LogP contribution in [0, 0.1) is 38.9 Å². The minimum Gasteiger partial charge on any atom is -0.488 e. The Hall–Kier alpha value is -3.12. The number of amidine groups is 1. The molecule has 1 fully saturated rings. The molecular formula is C17H14N4O2. The van der Waals surface area contributed by atoms with Gasteiger partial charge >= 0.3 is 0 Å². The van der Waals surface area contributed by atoms with E-state index >= 15 is 0 Å². The van der Waals surface area contributed by atoms with Crippen LogP contribution in [0.15, 0.2) is 41.7 Å². The van der Waals surface area contributed by atoms with Gasteiger partial charge in [0.15, 0.2) is 16.9 Å². The Morgan fingerprint density at radius 3 is 2.43 bits per heavy atom. The summed E-state index contributed by atoms with van der Waals surface area (Å²) in [5.74, 6) is -0.518. The number of ether oxygens (including phenoxy) is 1. The second-order valence-corrected chi connectivity index (χ2v) is 5.70. The van der Waals surface area contributed by atoms with Crippen LogP contribution in [0.3, 0.4) is 0 Å². The Labute approximate surface area is 133 Å². The van der Waals surface area contributed by atoms with Gasteiger partial charge in [0.2, 0.25) is 0 Å². The highest BCUT2D eigenvalue weighted by Gasteiger charge is 2.73. The largest absolute Gasteiger partial charge is 0.488 e. The molecule has 6 nitrogen and oxygen atoms in total. The molecule has 0 saturated carbocycles. The predicted octanol–water partition coefficient (Wildman–Crippen LogP) is 2.18. The molecule has 3 rings (SSSR count). The molecule has 0 aromatic heterocycles. The molecular weight excluding hydrogens is 292 g/mol. The van der Waals surface area contributed by atoms with E-state index < -0.39 is 22.8 Å². The molecule has 23 heavy (non-hydrogen) atoms. The van der Waals surface area contributed by atoms with Gasteiger partial charge < -0.3 is 10.1 Å². The lowest BCUT2D eigenvalue weighted by Crippen LogP contribution is -2.51. The summed E-state index contributed by atoms with van der Waals surface area (Å²) in [5, 5.41) is 30.4. The Morgan fingerprint density at radius 1 is 1.22 bits per heavy atom. The van der Waals surface area contributed by atoms with E-state index in [0.29, 0.717) is 16.9 Å². The van der Waals surface area contributed by atoms with Crippen LogP contribution in [0.25, 0.3) is 0 Å². The lowest BCUT2D eigenvalue weighted by Gasteiger charge is -2.44. The number of nitrogens with one attached hydrogen (secondary N) is 2. The third kappa shape index (κ3) is 1.50. The van der Waals surface area contributed by atoms with Gasteiger partial charge in [-0.3, -0.25) is 10.2 Å². The fourth-order valence-corrected chi connectivity index (χ4v) is 3.45. The summed E-state index contributed by atoms with van der Waals surface area (Å²) in [6.45, 7) is 3.27. The zero-order valence-electron chi connectivity index (χ0n) is 12.7. The summed E-state index contributed by atoms with van der Waals surface area (Å²) in [5.41, 5.74) is -2.49. The van der Waals surface area contributed by atoms with Crippen molar-refractivity contribution in [2.75, 3.05) is 0 Å². The second kappa shape index (κ2) is 4.69. The SMILES string of the molecule is CC1=C(C)C2(C#N)C(=O)NC(=N)C2(C#N)C(c2ccccc2)O1. The minimum atomic E-state index is -1.76. The average Bonchev–Trinajstić information content (AvgIpc) is 2.80. The first kappa shape index (κ1) is 14.8. The first-order chi connectivity index (χ1) is 11.0. The van der Waals surface area contributed by atoms with Crippen molar-refractivity contribution in [3.05, 3.63) is 47.2 Å². The number of nitriles is 2. The molecule has 1 aromatic carbocycles. The van der Waals surface area contributed by atoms with Gasteiger partial charge in [-0.05, 0) is 25.0 Å². The fourth-order valence-electron chi connectivity index (χ4n) is 3.45. The van der Waals surface area contributed by atoms with Crippen molar-refractivity contribution >= 4 is 11.7 Å². The molecule has 2 N–H and O–H groups in total. The summed E-state index contributed by atoms with van der Waals surface area (Å²) < 4.78 is 5.91. The van der Waals surface area contributed by atoms with E-state index in [-0.39, 0.29) is 5.84 Å². The summed E-state index contributed by atoms with van der Waals surface area (Å²) in [6, 6.07) is 13.0. The summed E-state index contributed by atoms with van der Waals surface area (Å²) in [6.07, 6.45) is -0.913. The quantitative estimate of drug-likeness (QED) is 0.828. The van der Waals surface area contributed by atoms with Crippen molar-refractivity contribution < 1.29 is 9.53 Å². The molecule has 2 aliphatic rings. The van der Waals surface area contributed by atoms with Crippen molar-refractivity contribution in [3.63, 3.8) is 0 Å². The topological polar surface area (TPSA) is 110 Å². The number of benzene rings is 1. The first-order valence-corrected chi connectivity index (χ1v) is 7.08. The molecule has 114 valence electrons. The number of allylic oxidation sites excluding steroid dienone is 1. The Balaban J connectivity index is 2.39. The fraction of sp³-hybridized carbons (Fsp3) is 0.294. The van der Waals surface area contributed by atoms with E-state index in [0.717, 1.165) is 0 Å². The Morgan fingerprint density at radius 2 is 1.87 bits per heavy atom. The highest BCUT2D eigenvalue weighted by molar-refractivity contribution is 6.16. The van der Waals surface area contributed by atoms with Gasteiger partial charge in [-0.1, -0.05) is 30.3 Å². The monoisotopic (exact) mass is 306 g/mol. The van der Waals surface area contributed by atoms with E-state index in [2.05, 4.69) is 11.4 Å². The van der Waals surface area contributed by atoms with Crippen LogP contribution in [-0.4, -0.2) is 11.7 Å². The van der Waals surface area contributed by atoms with Crippen LogP contribution < -0.4 is 5.32 Å². The van der Waals surface area contributed by atoms with Gasteiger partial charge in [-0.15, -0.1) is 0 Å². The lowest BCUT2D eigenvalue weighted by molar-refractivity contribution is -0.129. The third-order valence-corrected chi connectivity index (χ3v) is 4.79. The summed E-state index contributed by atoms with van der Waals surface area (Å²) in [4.78, 5) is 12.6. The smallest absolute Gasteiger partial charge is 0.252 e. The molecule has 1 saturated heterocycles. The van der Waals surface area contributed by atoms with Gasteiger partial charge in [0.05, 0.1) is 17.9 Å². The van der Waals surface area contributed by atoms with E-state index in [1.54, 1.807) is 38.1 Å². The number of fused-ring (bicyclic) bond motifs is 1. The van der Waals surface area contributed by atoms with Gasteiger partial charge in [-0.2, -0.15) is 10.5 Å². The maximum Gasteiger partial charge on any atom is 0.252 e. The maximum absolute atomic E-state index is 12.6. The van der Waals surface area contributed by atoms with Crippen molar-refractivity contribution in [2.24, 2.45) is 10.8 Å². The highest BCUT2D eigenvalue weighted by atomic mass is 16.5. The summed E-state index contributed by atoms with van der Waals surface area (Å²) in [7, 11) is 0. The van der Waals surface area contributed by atoms with Gasteiger partial charge in [0, 0.05) is 0 Å². The van der Waals surface area contributed by atoms with Crippen molar-refractivity contribution in [1.29, 1.82) is 15.9 Å². The molecule has 3 unspecified atom stereocenters. The number of hydrogen-bond acceptors (Lipinski definition) is 5. The number of hydrogen-bond donors (Lipinski definition) is 2. The molecule has 1 amide bonds. The Kier molecular flexibility index (Phi) is 3.02. The van der Waals surface area contributed by atoms with E-state index in [9.17, 15) is 15.3 Å². The molecule has 0 bridgehead atoms.